The topological polar surface area (TPSA) is 56.2 Å². The van der Waals surface area contributed by atoms with Crippen molar-refractivity contribution in [2.24, 2.45) is 4.99 Å². The summed E-state index contributed by atoms with van der Waals surface area (Å²) in [5, 5.41) is 3.52. The molecule has 32 heavy (non-hydrogen) atoms. The molecule has 7 nitrogen and oxygen atoms in total. The van der Waals surface area contributed by atoms with Gasteiger partial charge in [-0.15, -0.1) is 24.0 Å². The average molecular weight is 550 g/mol. The van der Waals surface area contributed by atoms with Gasteiger partial charge in [0.25, 0.3) is 0 Å². The first kappa shape index (κ1) is 24.7. The maximum Gasteiger partial charge on any atom is 0.194 e. The number of guanidine groups is 1. The summed E-state index contributed by atoms with van der Waals surface area (Å²) in [5.74, 6) is 2.07. The standard InChI is InChI=1S/C24H34N6O.HI/c1-2-25-24(30-14-12-29(13-15-30)23-10-6-7-11-26-23)27-20-22(21-8-4-3-5-9-21)28-16-18-31-19-17-28;/h3-11,22H,2,12-20H2,1H3,(H,25,27);1H. The highest BCUT2D eigenvalue weighted by atomic mass is 127. The zero-order valence-corrected chi connectivity index (χ0v) is 21.2. The van der Waals surface area contributed by atoms with Gasteiger partial charge in [-0.2, -0.15) is 0 Å². The molecule has 2 saturated heterocycles. The Labute approximate surface area is 208 Å². The van der Waals surface area contributed by atoms with Crippen LogP contribution < -0.4 is 10.2 Å². The molecule has 1 aromatic heterocycles. The monoisotopic (exact) mass is 550 g/mol. The summed E-state index contributed by atoms with van der Waals surface area (Å²) in [7, 11) is 0. The van der Waals surface area contributed by atoms with Crippen LogP contribution in [0.3, 0.4) is 0 Å². The SMILES string of the molecule is CCNC(=NCC(c1ccccc1)N1CCOCC1)N1CCN(c2ccccn2)CC1.I. The predicted molar refractivity (Wildman–Crippen MR) is 141 cm³/mol. The lowest BCUT2D eigenvalue weighted by Gasteiger charge is -2.38. The molecule has 1 aromatic carbocycles. The number of morpholine rings is 1. The van der Waals surface area contributed by atoms with Crippen molar-refractivity contribution in [2.75, 3.05) is 70.5 Å². The molecule has 0 amide bonds. The van der Waals surface area contributed by atoms with Crippen molar-refractivity contribution in [3.8, 4) is 0 Å². The van der Waals surface area contributed by atoms with E-state index < -0.39 is 0 Å². The number of halogens is 1. The zero-order chi connectivity index (χ0) is 21.3. The number of piperazine rings is 1. The Morgan fingerprint density at radius 2 is 1.72 bits per heavy atom. The maximum absolute atomic E-state index is 5.58. The van der Waals surface area contributed by atoms with E-state index in [1.54, 1.807) is 0 Å². The Kier molecular flexibility index (Phi) is 10.0. The van der Waals surface area contributed by atoms with Gasteiger partial charge in [-0.1, -0.05) is 36.4 Å². The second-order valence-electron chi connectivity index (χ2n) is 7.93. The summed E-state index contributed by atoms with van der Waals surface area (Å²) in [6.45, 7) is 11.0. The molecule has 0 aliphatic carbocycles. The lowest BCUT2D eigenvalue weighted by molar-refractivity contribution is 0.0179. The van der Waals surface area contributed by atoms with Crippen LogP contribution in [0.4, 0.5) is 5.82 Å². The van der Waals surface area contributed by atoms with Crippen LogP contribution in [0.15, 0.2) is 59.7 Å². The van der Waals surface area contributed by atoms with E-state index in [1.807, 2.05) is 12.3 Å². The Morgan fingerprint density at radius 1 is 1.00 bits per heavy atom. The van der Waals surface area contributed by atoms with E-state index in [4.69, 9.17) is 9.73 Å². The van der Waals surface area contributed by atoms with Crippen molar-refractivity contribution in [1.82, 2.24) is 20.1 Å². The summed E-state index contributed by atoms with van der Waals surface area (Å²) in [4.78, 5) is 16.8. The van der Waals surface area contributed by atoms with E-state index in [0.29, 0.717) is 0 Å². The molecule has 0 spiro atoms. The van der Waals surface area contributed by atoms with Gasteiger partial charge in [0.2, 0.25) is 0 Å². The first-order valence-corrected chi connectivity index (χ1v) is 11.4. The van der Waals surface area contributed by atoms with E-state index in [9.17, 15) is 0 Å². The molecule has 3 heterocycles. The molecule has 1 atom stereocenters. The van der Waals surface area contributed by atoms with Crippen molar-refractivity contribution < 1.29 is 4.74 Å². The van der Waals surface area contributed by atoms with E-state index in [0.717, 1.165) is 77.3 Å². The van der Waals surface area contributed by atoms with Crippen LogP contribution in [0.2, 0.25) is 0 Å². The van der Waals surface area contributed by atoms with Crippen LogP contribution in [0.1, 0.15) is 18.5 Å². The molecule has 2 fully saturated rings. The van der Waals surface area contributed by atoms with E-state index in [1.165, 1.54) is 5.56 Å². The molecule has 0 radical (unpaired) electrons. The van der Waals surface area contributed by atoms with Crippen LogP contribution >= 0.6 is 24.0 Å². The number of nitrogens with zero attached hydrogens (tertiary/aromatic N) is 5. The summed E-state index contributed by atoms with van der Waals surface area (Å²) in [6, 6.07) is 17.1. The summed E-state index contributed by atoms with van der Waals surface area (Å²) >= 11 is 0. The molecule has 1 N–H and O–H groups in total. The first-order valence-electron chi connectivity index (χ1n) is 11.4. The van der Waals surface area contributed by atoms with Crippen molar-refractivity contribution in [1.29, 1.82) is 0 Å². The molecule has 4 rings (SSSR count). The van der Waals surface area contributed by atoms with Crippen LogP contribution in [0, 0.1) is 0 Å². The fraction of sp³-hybridized carbons (Fsp3) is 0.500. The number of nitrogens with one attached hydrogen (secondary N) is 1. The Balaban J connectivity index is 0.00000289. The van der Waals surface area contributed by atoms with Gasteiger partial charge in [-0.05, 0) is 24.6 Å². The third-order valence-electron chi connectivity index (χ3n) is 5.97. The third-order valence-corrected chi connectivity index (χ3v) is 5.97. The van der Waals surface area contributed by atoms with Crippen molar-refractivity contribution in [3.63, 3.8) is 0 Å². The van der Waals surface area contributed by atoms with Gasteiger partial charge in [-0.25, -0.2) is 4.98 Å². The quantitative estimate of drug-likeness (QED) is 0.339. The van der Waals surface area contributed by atoms with Crippen LogP contribution in [-0.2, 0) is 4.74 Å². The number of anilines is 1. The number of pyridine rings is 1. The number of rotatable bonds is 6. The fourth-order valence-corrected chi connectivity index (χ4v) is 4.28. The predicted octanol–water partition coefficient (Wildman–Crippen LogP) is 2.86. The van der Waals surface area contributed by atoms with Gasteiger partial charge < -0.3 is 19.9 Å². The lowest BCUT2D eigenvalue weighted by atomic mass is 10.0. The highest BCUT2D eigenvalue weighted by Gasteiger charge is 2.24. The van der Waals surface area contributed by atoms with Gasteiger partial charge in [-0.3, -0.25) is 9.89 Å². The minimum atomic E-state index is 0. The molecule has 2 aliphatic heterocycles. The molecule has 1 unspecified atom stereocenters. The Bertz CT molecular complexity index is 808. The van der Waals surface area contributed by atoms with Gasteiger partial charge in [0, 0.05) is 52.0 Å². The minimum Gasteiger partial charge on any atom is -0.379 e. The van der Waals surface area contributed by atoms with Crippen LogP contribution in [0.25, 0.3) is 0 Å². The second-order valence-corrected chi connectivity index (χ2v) is 7.93. The van der Waals surface area contributed by atoms with Crippen LogP contribution in [0.5, 0.6) is 0 Å². The highest BCUT2D eigenvalue weighted by molar-refractivity contribution is 14.0. The molecular weight excluding hydrogens is 515 g/mol. The number of hydrogen-bond acceptors (Lipinski definition) is 5. The fourth-order valence-electron chi connectivity index (χ4n) is 4.28. The maximum atomic E-state index is 5.58. The van der Waals surface area contributed by atoms with Gasteiger partial charge in [0.1, 0.15) is 5.82 Å². The average Bonchev–Trinajstić information content (AvgIpc) is 2.85. The first-order chi connectivity index (χ1) is 15.3. The summed E-state index contributed by atoms with van der Waals surface area (Å²) in [5.41, 5.74) is 1.32. The molecule has 174 valence electrons. The number of ether oxygens (including phenoxy) is 1. The molecule has 0 saturated carbocycles. The van der Waals surface area contributed by atoms with E-state index in [-0.39, 0.29) is 30.0 Å². The van der Waals surface area contributed by atoms with Gasteiger partial charge in [0.05, 0.1) is 25.8 Å². The minimum absolute atomic E-state index is 0. The number of aromatic nitrogens is 1. The number of hydrogen-bond donors (Lipinski definition) is 1. The lowest BCUT2D eigenvalue weighted by Crippen LogP contribution is -2.53. The van der Waals surface area contributed by atoms with Crippen molar-refractivity contribution in [3.05, 3.63) is 60.3 Å². The van der Waals surface area contributed by atoms with Gasteiger partial charge >= 0.3 is 0 Å². The smallest absolute Gasteiger partial charge is 0.194 e. The molecule has 2 aliphatic rings. The van der Waals surface area contributed by atoms with Gasteiger partial charge in [0.15, 0.2) is 5.96 Å². The molecular formula is C24H35IN6O. The molecule has 2 aromatic rings. The largest absolute Gasteiger partial charge is 0.379 e. The highest BCUT2D eigenvalue weighted by Crippen LogP contribution is 2.22. The molecule has 0 bridgehead atoms. The zero-order valence-electron chi connectivity index (χ0n) is 18.9. The van der Waals surface area contributed by atoms with Crippen molar-refractivity contribution in [2.45, 2.75) is 13.0 Å². The molecule has 8 heteroatoms. The third kappa shape index (κ3) is 6.55. The number of benzene rings is 1. The van der Waals surface area contributed by atoms with Crippen molar-refractivity contribution >= 4 is 35.8 Å². The summed E-state index contributed by atoms with van der Waals surface area (Å²) < 4.78 is 5.58. The Morgan fingerprint density at radius 3 is 2.38 bits per heavy atom. The number of aliphatic imine (C=N–C) groups is 1. The van der Waals surface area contributed by atoms with E-state index >= 15 is 0 Å². The normalized spacial score (nSPS) is 18.7. The second kappa shape index (κ2) is 13.0. The van der Waals surface area contributed by atoms with Crippen LogP contribution in [-0.4, -0.2) is 86.3 Å². The van der Waals surface area contributed by atoms with E-state index in [2.05, 4.69) is 74.4 Å². The Hall–Kier alpha value is -1.91. The summed E-state index contributed by atoms with van der Waals surface area (Å²) in [6.07, 6.45) is 1.86.